The highest BCUT2D eigenvalue weighted by Gasteiger charge is 2.26. The van der Waals surface area contributed by atoms with Crippen molar-refractivity contribution in [1.29, 1.82) is 0 Å². The van der Waals surface area contributed by atoms with Crippen LogP contribution >= 0.6 is 0 Å². The number of aromatic nitrogens is 3. The van der Waals surface area contributed by atoms with E-state index in [9.17, 15) is 13.6 Å². The van der Waals surface area contributed by atoms with Crippen molar-refractivity contribution in [2.75, 3.05) is 0 Å². The number of rotatable bonds is 4. The van der Waals surface area contributed by atoms with Gasteiger partial charge in [-0.1, -0.05) is 17.3 Å². The number of alkyl halides is 2. The number of carbonyl (C=O) groups is 1. The molecule has 1 aliphatic carbocycles. The first-order valence-electron chi connectivity index (χ1n) is 7.99. The van der Waals surface area contributed by atoms with Gasteiger partial charge in [-0.25, -0.2) is 4.98 Å². The van der Waals surface area contributed by atoms with Crippen LogP contribution in [0.2, 0.25) is 0 Å². The van der Waals surface area contributed by atoms with Crippen LogP contribution in [0.4, 0.5) is 8.78 Å². The summed E-state index contributed by atoms with van der Waals surface area (Å²) in [6, 6.07) is 5.24. The Kier molecular flexibility index (Phi) is 3.98. The van der Waals surface area contributed by atoms with Crippen molar-refractivity contribution >= 4 is 5.91 Å². The molecule has 0 saturated heterocycles. The average molecular weight is 360 g/mol. The summed E-state index contributed by atoms with van der Waals surface area (Å²) in [6.07, 6.45) is 0.0560. The third-order valence-electron chi connectivity index (χ3n) is 4.26. The molecule has 0 saturated carbocycles. The number of nitrogens with zero attached hydrogens (tertiary/aromatic N) is 3. The van der Waals surface area contributed by atoms with Gasteiger partial charge < -0.3 is 14.3 Å². The summed E-state index contributed by atoms with van der Waals surface area (Å²) in [4.78, 5) is 19.8. The molecule has 0 unspecified atom stereocenters. The van der Waals surface area contributed by atoms with Crippen molar-refractivity contribution in [2.24, 2.45) is 0 Å². The predicted octanol–water partition coefficient (Wildman–Crippen LogP) is 3.39. The first-order valence-corrected chi connectivity index (χ1v) is 7.99. The molecule has 3 aromatic rings. The number of hydrogen-bond acceptors (Lipinski definition) is 6. The van der Waals surface area contributed by atoms with Crippen LogP contribution in [-0.2, 0) is 6.42 Å². The van der Waals surface area contributed by atoms with Gasteiger partial charge in [0, 0.05) is 12.5 Å². The summed E-state index contributed by atoms with van der Waals surface area (Å²) in [5.41, 5.74) is 2.57. The Balaban J connectivity index is 1.53. The molecule has 1 N–H and O–H groups in total. The fraction of sp³-hybridized carbons (Fsp3) is 0.294. The molecule has 2 aromatic heterocycles. The highest BCUT2D eigenvalue weighted by atomic mass is 19.3. The summed E-state index contributed by atoms with van der Waals surface area (Å²) >= 11 is 0. The van der Waals surface area contributed by atoms with Gasteiger partial charge in [0.25, 0.3) is 11.8 Å². The first-order chi connectivity index (χ1) is 12.5. The fourth-order valence-electron chi connectivity index (χ4n) is 3.04. The lowest BCUT2D eigenvalue weighted by molar-refractivity contribution is 0.0907. The Hall–Kier alpha value is -3.10. The van der Waals surface area contributed by atoms with Crippen molar-refractivity contribution in [3.8, 4) is 11.4 Å². The van der Waals surface area contributed by atoms with Crippen molar-refractivity contribution in [1.82, 2.24) is 20.4 Å². The molecule has 0 bridgehead atoms. The second-order valence-corrected chi connectivity index (χ2v) is 5.98. The number of benzene rings is 1. The van der Waals surface area contributed by atoms with E-state index >= 15 is 0 Å². The number of oxazole rings is 1. The smallest absolute Gasteiger partial charge is 0.315 e. The zero-order valence-corrected chi connectivity index (χ0v) is 13.7. The molecular formula is C17H14F2N4O3. The van der Waals surface area contributed by atoms with Gasteiger partial charge in [0.15, 0.2) is 5.89 Å². The van der Waals surface area contributed by atoms with E-state index in [1.54, 1.807) is 13.0 Å². The normalized spacial score (nSPS) is 16.1. The molecule has 26 heavy (non-hydrogen) atoms. The molecule has 134 valence electrons. The van der Waals surface area contributed by atoms with Crippen molar-refractivity contribution in [3.63, 3.8) is 0 Å². The number of fused-ring (bicyclic) bond motifs is 1. The minimum absolute atomic E-state index is 0.118. The number of hydrogen-bond donors (Lipinski definition) is 1. The molecule has 7 nitrogen and oxygen atoms in total. The maximum atomic E-state index is 12.6. The summed E-state index contributed by atoms with van der Waals surface area (Å²) in [5, 5.41) is 6.51. The summed E-state index contributed by atoms with van der Waals surface area (Å²) in [7, 11) is 0. The molecule has 0 fully saturated rings. The maximum absolute atomic E-state index is 12.6. The topological polar surface area (TPSA) is 94.1 Å². The highest BCUT2D eigenvalue weighted by molar-refractivity contribution is 5.91. The molecular weight excluding hydrogens is 346 g/mol. The van der Waals surface area contributed by atoms with Gasteiger partial charge in [-0.05, 0) is 30.0 Å². The SMILES string of the molecule is Cc1ncc(C(=O)N[C@@H]2CCc3cc(-c4noc(C(F)F)n4)ccc32)o1. The number of amides is 1. The average Bonchev–Trinajstić information content (AvgIpc) is 3.34. The molecule has 1 aliphatic rings. The molecule has 0 radical (unpaired) electrons. The summed E-state index contributed by atoms with van der Waals surface area (Å²) < 4.78 is 34.9. The second kappa shape index (κ2) is 6.32. The van der Waals surface area contributed by atoms with Gasteiger partial charge >= 0.3 is 6.43 Å². The van der Waals surface area contributed by atoms with Gasteiger partial charge in [-0.3, -0.25) is 4.79 Å². The summed E-state index contributed by atoms with van der Waals surface area (Å²) in [5.74, 6) is -0.318. The molecule has 0 aliphatic heterocycles. The van der Waals surface area contributed by atoms with E-state index in [0.717, 1.165) is 24.0 Å². The van der Waals surface area contributed by atoms with Crippen LogP contribution in [0.5, 0.6) is 0 Å². The number of nitrogens with one attached hydrogen (secondary N) is 1. The van der Waals surface area contributed by atoms with Crippen LogP contribution in [0.3, 0.4) is 0 Å². The Morgan fingerprint density at radius 1 is 1.38 bits per heavy atom. The minimum atomic E-state index is -2.80. The monoisotopic (exact) mass is 360 g/mol. The lowest BCUT2D eigenvalue weighted by Gasteiger charge is -2.13. The molecule has 4 rings (SSSR count). The van der Waals surface area contributed by atoms with E-state index < -0.39 is 12.3 Å². The quantitative estimate of drug-likeness (QED) is 0.766. The lowest BCUT2D eigenvalue weighted by Crippen LogP contribution is -2.26. The number of halogens is 2. The van der Waals surface area contributed by atoms with Crippen LogP contribution in [0.15, 0.2) is 33.3 Å². The maximum Gasteiger partial charge on any atom is 0.315 e. The van der Waals surface area contributed by atoms with E-state index in [0.29, 0.717) is 11.5 Å². The van der Waals surface area contributed by atoms with E-state index in [4.69, 9.17) is 4.42 Å². The molecule has 0 spiro atoms. The third kappa shape index (κ3) is 2.96. The standard InChI is InChI=1S/C17H14F2N4O3/c1-8-20-7-13(25-8)16(24)21-12-5-3-9-6-10(2-4-11(9)12)15-22-17(14(18)19)26-23-15/h2,4,6-7,12,14H,3,5H2,1H3,(H,21,24)/t12-/m1/s1. The van der Waals surface area contributed by atoms with E-state index in [1.165, 1.54) is 6.20 Å². The van der Waals surface area contributed by atoms with Gasteiger partial charge in [-0.2, -0.15) is 13.8 Å². The van der Waals surface area contributed by atoms with Crippen LogP contribution in [0.25, 0.3) is 11.4 Å². The number of aryl methyl sites for hydroxylation is 2. The highest BCUT2D eigenvalue weighted by Crippen LogP contribution is 2.34. The Morgan fingerprint density at radius 3 is 2.92 bits per heavy atom. The molecule has 1 atom stereocenters. The van der Waals surface area contributed by atoms with E-state index in [2.05, 4.69) is 25.0 Å². The first kappa shape index (κ1) is 16.4. The van der Waals surface area contributed by atoms with Crippen molar-refractivity contribution in [3.05, 3.63) is 53.1 Å². The van der Waals surface area contributed by atoms with E-state index in [-0.39, 0.29) is 23.5 Å². The van der Waals surface area contributed by atoms with Crippen LogP contribution in [0, 0.1) is 6.92 Å². The molecule has 1 aromatic carbocycles. The third-order valence-corrected chi connectivity index (χ3v) is 4.26. The summed E-state index contributed by atoms with van der Waals surface area (Å²) in [6.45, 7) is 1.67. The Morgan fingerprint density at radius 2 is 2.23 bits per heavy atom. The second-order valence-electron chi connectivity index (χ2n) is 5.98. The van der Waals surface area contributed by atoms with Crippen molar-refractivity contribution < 1.29 is 22.5 Å². The van der Waals surface area contributed by atoms with Gasteiger partial charge in [0.05, 0.1) is 12.2 Å². The molecule has 2 heterocycles. The molecule has 9 heteroatoms. The van der Waals surface area contributed by atoms with Crippen LogP contribution in [0.1, 0.15) is 52.4 Å². The zero-order valence-electron chi connectivity index (χ0n) is 13.7. The predicted molar refractivity (Wildman–Crippen MR) is 84.5 cm³/mol. The Labute approximate surface area is 146 Å². The van der Waals surface area contributed by atoms with Gasteiger partial charge in [0.2, 0.25) is 11.6 Å². The zero-order chi connectivity index (χ0) is 18.3. The lowest BCUT2D eigenvalue weighted by atomic mass is 10.0. The fourth-order valence-corrected chi connectivity index (χ4v) is 3.04. The van der Waals surface area contributed by atoms with E-state index in [1.807, 2.05) is 12.1 Å². The molecule has 1 amide bonds. The van der Waals surface area contributed by atoms with Gasteiger partial charge in [-0.15, -0.1) is 0 Å². The van der Waals surface area contributed by atoms with Crippen molar-refractivity contribution in [2.45, 2.75) is 32.2 Å². The largest absolute Gasteiger partial charge is 0.436 e. The number of carbonyl (C=O) groups excluding carboxylic acids is 1. The van der Waals surface area contributed by atoms with Crippen LogP contribution in [-0.4, -0.2) is 21.0 Å². The Bertz CT molecular complexity index is 967. The van der Waals surface area contributed by atoms with Crippen LogP contribution < -0.4 is 5.32 Å². The van der Waals surface area contributed by atoms with Gasteiger partial charge in [0.1, 0.15) is 0 Å². The minimum Gasteiger partial charge on any atom is -0.436 e.